The van der Waals surface area contributed by atoms with Crippen molar-refractivity contribution in [2.75, 3.05) is 31.3 Å². The van der Waals surface area contributed by atoms with Crippen molar-refractivity contribution in [3.05, 3.63) is 0 Å². The van der Waals surface area contributed by atoms with Crippen LogP contribution in [0.25, 0.3) is 0 Å². The first kappa shape index (κ1) is 14.1. The van der Waals surface area contributed by atoms with Gasteiger partial charge in [-0.25, -0.2) is 0 Å². The van der Waals surface area contributed by atoms with E-state index < -0.39 is 5.54 Å². The smallest absolute Gasteiger partial charge is 0.324 e. The molecule has 6 nitrogen and oxygen atoms in total. The summed E-state index contributed by atoms with van der Waals surface area (Å²) in [4.78, 5) is 11.9. The maximum Gasteiger partial charge on any atom is 0.324 e. The highest BCUT2D eigenvalue weighted by atomic mass is 35.5. The Balaban J connectivity index is 2.97. The number of methoxy groups -OCH3 is 2. The molecule has 0 aliphatic rings. The Morgan fingerprint density at radius 2 is 1.53 bits per heavy atom. The Morgan fingerprint density at radius 1 is 1.06 bits per heavy atom. The number of nitrogens with one attached hydrogen (secondary N) is 1. The molecule has 0 aliphatic carbocycles. The Labute approximate surface area is 110 Å². The molecule has 0 saturated carbocycles. The van der Waals surface area contributed by atoms with E-state index in [4.69, 9.17) is 32.7 Å². The largest absolute Gasteiger partial charge is 0.467 e. The molecule has 1 N–H and O–H groups in total. The van der Waals surface area contributed by atoms with E-state index in [0.29, 0.717) is 17.7 Å². The van der Waals surface area contributed by atoms with Crippen molar-refractivity contribution in [3.63, 3.8) is 0 Å². The summed E-state index contributed by atoms with van der Waals surface area (Å²) < 4.78 is 9.86. The molecule has 96 valence electrons. The van der Waals surface area contributed by atoms with Crippen molar-refractivity contribution in [1.29, 1.82) is 0 Å². The van der Waals surface area contributed by atoms with Crippen molar-refractivity contribution < 1.29 is 9.47 Å². The van der Waals surface area contributed by atoms with Crippen LogP contribution < -0.4 is 14.8 Å². The number of nitrogens with zero attached hydrogens (tertiary/aromatic N) is 3. The monoisotopic (exact) mass is 280 g/mol. The predicted molar refractivity (Wildman–Crippen MR) is 66.4 cm³/mol. The minimum atomic E-state index is -0.513. The normalized spacial score (nSPS) is 11.1. The lowest BCUT2D eigenvalue weighted by Gasteiger charge is -2.25. The fourth-order valence-corrected chi connectivity index (χ4v) is 1.37. The molecule has 17 heavy (non-hydrogen) atoms. The number of rotatable bonds is 6. The second kappa shape index (κ2) is 6.07. The van der Waals surface area contributed by atoms with Crippen molar-refractivity contribution in [2.24, 2.45) is 0 Å². The zero-order valence-corrected chi connectivity index (χ0v) is 11.3. The first-order chi connectivity index (χ1) is 8.06. The highest BCUT2D eigenvalue weighted by Gasteiger charge is 2.23. The van der Waals surface area contributed by atoms with Crippen LogP contribution in [0.3, 0.4) is 0 Å². The maximum atomic E-state index is 5.83. The molecule has 0 aliphatic heterocycles. The van der Waals surface area contributed by atoms with Gasteiger partial charge in [0, 0.05) is 11.8 Å². The van der Waals surface area contributed by atoms with Gasteiger partial charge in [-0.15, -0.1) is 28.2 Å². The van der Waals surface area contributed by atoms with Crippen molar-refractivity contribution in [3.8, 4) is 12.0 Å². The molecule has 0 radical (unpaired) electrons. The number of anilines is 1. The van der Waals surface area contributed by atoms with Gasteiger partial charge in [0.25, 0.3) is 0 Å². The molecule has 0 amide bonds. The SMILES string of the molecule is COc1nc(NC(C)(CCl)CCl)nc(OC)n1. The third kappa shape index (κ3) is 3.74. The van der Waals surface area contributed by atoms with Gasteiger partial charge in [0.05, 0.1) is 19.8 Å². The summed E-state index contributed by atoms with van der Waals surface area (Å²) in [6, 6.07) is 0.316. The molecule has 0 atom stereocenters. The Morgan fingerprint density at radius 3 is 1.88 bits per heavy atom. The second-order valence-corrected chi connectivity index (χ2v) is 4.12. The molecule has 0 saturated heterocycles. The number of hydrogen-bond donors (Lipinski definition) is 1. The average molecular weight is 281 g/mol. The Bertz CT molecular complexity index is 352. The van der Waals surface area contributed by atoms with Crippen LogP contribution in [0.15, 0.2) is 0 Å². The fraction of sp³-hybridized carbons (Fsp3) is 0.667. The van der Waals surface area contributed by atoms with Crippen LogP contribution in [-0.4, -0.2) is 46.5 Å². The van der Waals surface area contributed by atoms with E-state index in [0.717, 1.165) is 0 Å². The van der Waals surface area contributed by atoms with Gasteiger partial charge < -0.3 is 14.8 Å². The summed E-state index contributed by atoms with van der Waals surface area (Å²) in [5.74, 6) is 0.928. The van der Waals surface area contributed by atoms with Gasteiger partial charge in [-0.3, -0.25) is 0 Å². The molecule has 0 aromatic carbocycles. The summed E-state index contributed by atoms with van der Waals surface area (Å²) in [5, 5.41) is 3.02. The van der Waals surface area contributed by atoms with Crippen molar-refractivity contribution in [1.82, 2.24) is 15.0 Å². The number of alkyl halides is 2. The van der Waals surface area contributed by atoms with E-state index in [-0.39, 0.29) is 12.0 Å². The standard InChI is InChI=1S/C9H14Cl2N4O2/c1-9(4-10,5-11)15-6-12-7(16-2)14-8(13-6)17-3/h4-5H2,1-3H3,(H,12,13,14,15). The quantitative estimate of drug-likeness (QED) is 0.798. The minimum Gasteiger partial charge on any atom is -0.467 e. The number of hydrogen-bond acceptors (Lipinski definition) is 6. The van der Waals surface area contributed by atoms with Gasteiger partial charge in [-0.2, -0.15) is 9.97 Å². The van der Waals surface area contributed by atoms with Gasteiger partial charge in [-0.05, 0) is 6.92 Å². The van der Waals surface area contributed by atoms with Gasteiger partial charge in [-0.1, -0.05) is 0 Å². The van der Waals surface area contributed by atoms with E-state index in [1.807, 2.05) is 6.92 Å². The summed E-state index contributed by atoms with van der Waals surface area (Å²) in [6.45, 7) is 1.86. The summed E-state index contributed by atoms with van der Waals surface area (Å²) in [6.07, 6.45) is 0. The van der Waals surface area contributed by atoms with E-state index >= 15 is 0 Å². The Kier molecular flexibility index (Phi) is 5.02. The van der Waals surface area contributed by atoms with Crippen LogP contribution in [0.2, 0.25) is 0 Å². The van der Waals surface area contributed by atoms with Gasteiger partial charge in [0.1, 0.15) is 0 Å². The zero-order valence-electron chi connectivity index (χ0n) is 9.83. The molecule has 1 aromatic heterocycles. The molecule has 0 spiro atoms. The van der Waals surface area contributed by atoms with Crippen molar-refractivity contribution in [2.45, 2.75) is 12.5 Å². The highest BCUT2D eigenvalue weighted by molar-refractivity contribution is 6.22. The molecule has 8 heteroatoms. The van der Waals surface area contributed by atoms with Gasteiger partial charge in [0.2, 0.25) is 5.95 Å². The molecular formula is C9H14Cl2N4O2. The predicted octanol–water partition coefficient (Wildman–Crippen LogP) is 1.54. The second-order valence-electron chi connectivity index (χ2n) is 3.59. The fourth-order valence-electron chi connectivity index (χ4n) is 0.949. The zero-order chi connectivity index (χ0) is 12.9. The number of ether oxygens (including phenoxy) is 2. The summed E-state index contributed by atoms with van der Waals surface area (Å²) in [5.41, 5.74) is -0.513. The molecular weight excluding hydrogens is 267 g/mol. The minimum absolute atomic E-state index is 0.158. The first-order valence-corrected chi connectivity index (χ1v) is 5.88. The first-order valence-electron chi connectivity index (χ1n) is 4.81. The van der Waals surface area contributed by atoms with Crippen LogP contribution in [0, 0.1) is 0 Å². The molecule has 1 heterocycles. The van der Waals surface area contributed by atoms with Gasteiger partial charge in [0.15, 0.2) is 0 Å². The van der Waals surface area contributed by atoms with Crippen LogP contribution in [0.4, 0.5) is 5.95 Å². The molecule has 1 rings (SSSR count). The van der Waals surface area contributed by atoms with Crippen LogP contribution >= 0.6 is 23.2 Å². The number of aromatic nitrogens is 3. The molecule has 1 aromatic rings. The van der Waals surface area contributed by atoms with E-state index in [2.05, 4.69) is 20.3 Å². The van der Waals surface area contributed by atoms with Crippen LogP contribution in [0.1, 0.15) is 6.92 Å². The summed E-state index contributed by atoms with van der Waals surface area (Å²) in [7, 11) is 2.92. The average Bonchev–Trinajstić information content (AvgIpc) is 2.37. The van der Waals surface area contributed by atoms with Crippen LogP contribution in [-0.2, 0) is 0 Å². The lowest BCUT2D eigenvalue weighted by atomic mass is 10.1. The lowest BCUT2D eigenvalue weighted by molar-refractivity contribution is 0.340. The van der Waals surface area contributed by atoms with E-state index in [1.165, 1.54) is 14.2 Å². The third-order valence-electron chi connectivity index (χ3n) is 1.96. The molecule has 0 unspecified atom stereocenters. The third-order valence-corrected chi connectivity index (χ3v) is 3.14. The maximum absolute atomic E-state index is 5.83. The van der Waals surface area contributed by atoms with Crippen molar-refractivity contribution >= 4 is 29.2 Å². The summed E-state index contributed by atoms with van der Waals surface area (Å²) >= 11 is 11.7. The van der Waals surface area contributed by atoms with Crippen LogP contribution in [0.5, 0.6) is 12.0 Å². The lowest BCUT2D eigenvalue weighted by Crippen LogP contribution is -2.39. The Hall–Kier alpha value is -1.01. The van der Waals surface area contributed by atoms with E-state index in [1.54, 1.807) is 0 Å². The van der Waals surface area contributed by atoms with E-state index in [9.17, 15) is 0 Å². The number of halogens is 2. The van der Waals surface area contributed by atoms with Gasteiger partial charge >= 0.3 is 12.0 Å². The molecule has 0 fully saturated rings. The molecule has 0 bridgehead atoms. The topological polar surface area (TPSA) is 69.2 Å². The highest BCUT2D eigenvalue weighted by Crippen LogP contribution is 2.18.